The van der Waals surface area contributed by atoms with Crippen molar-refractivity contribution in [1.29, 1.82) is 0 Å². The highest BCUT2D eigenvalue weighted by molar-refractivity contribution is 6.07. The van der Waals surface area contributed by atoms with Gasteiger partial charge in [-0.1, -0.05) is 24.3 Å². The van der Waals surface area contributed by atoms with E-state index in [0.717, 1.165) is 27.5 Å². The summed E-state index contributed by atoms with van der Waals surface area (Å²) in [6.07, 6.45) is 6.90. The average Bonchev–Trinajstić information content (AvgIpc) is 3.21. The van der Waals surface area contributed by atoms with Crippen LogP contribution in [-0.2, 0) is 13.1 Å². The molecule has 5 rings (SSSR count). The zero-order valence-corrected chi connectivity index (χ0v) is 18.1. The molecule has 3 aromatic heterocycles. The molecule has 5 aromatic rings. The van der Waals surface area contributed by atoms with Gasteiger partial charge in [-0.15, -0.1) is 0 Å². The molecule has 2 aromatic carbocycles. The lowest BCUT2D eigenvalue weighted by atomic mass is 10.1. The smallest absolute Gasteiger partial charge is 0.322 e. The Morgan fingerprint density at radius 2 is 1.73 bits per heavy atom. The third-order valence-corrected chi connectivity index (χ3v) is 5.45. The molecule has 0 unspecified atom stereocenters. The highest BCUT2D eigenvalue weighted by Gasteiger charge is 2.19. The molecule has 33 heavy (non-hydrogen) atoms. The van der Waals surface area contributed by atoms with E-state index in [9.17, 15) is 4.79 Å². The minimum atomic E-state index is -0.260. The number of para-hydroxylation sites is 1. The number of hydrogen-bond acceptors (Lipinski definition) is 5. The Balaban J connectivity index is 1.47. The number of ether oxygens (including phenoxy) is 1. The molecule has 7 nitrogen and oxygen atoms in total. The van der Waals surface area contributed by atoms with Crippen LogP contribution in [0, 0.1) is 0 Å². The Morgan fingerprint density at radius 1 is 0.909 bits per heavy atom. The van der Waals surface area contributed by atoms with E-state index in [-0.39, 0.29) is 6.03 Å². The van der Waals surface area contributed by atoms with Crippen molar-refractivity contribution in [3.8, 4) is 5.75 Å². The zero-order valence-electron chi connectivity index (χ0n) is 18.1. The molecule has 1 N–H and O–H groups in total. The summed E-state index contributed by atoms with van der Waals surface area (Å²) < 4.78 is 11.6. The van der Waals surface area contributed by atoms with Crippen molar-refractivity contribution >= 4 is 33.7 Å². The molecule has 0 aliphatic rings. The summed E-state index contributed by atoms with van der Waals surface area (Å²) in [5.74, 6) is 0.563. The van der Waals surface area contributed by atoms with Crippen LogP contribution >= 0.6 is 0 Å². The van der Waals surface area contributed by atoms with Crippen LogP contribution in [-0.4, -0.2) is 28.0 Å². The number of nitrogens with one attached hydrogen (secondary N) is 1. The van der Waals surface area contributed by atoms with Gasteiger partial charge >= 0.3 is 6.03 Å². The molecule has 0 fully saturated rings. The van der Waals surface area contributed by atoms with Gasteiger partial charge in [0.2, 0.25) is 0 Å². The lowest BCUT2D eigenvalue weighted by molar-refractivity contribution is 0.206. The number of carbonyl (C=O) groups is 1. The summed E-state index contributed by atoms with van der Waals surface area (Å²) in [6.45, 7) is 0.815. The number of furan rings is 1. The van der Waals surface area contributed by atoms with Crippen molar-refractivity contribution in [3.63, 3.8) is 0 Å². The highest BCUT2D eigenvalue weighted by Crippen LogP contribution is 2.36. The number of rotatable bonds is 6. The van der Waals surface area contributed by atoms with E-state index in [1.54, 1.807) is 42.9 Å². The van der Waals surface area contributed by atoms with E-state index >= 15 is 0 Å². The van der Waals surface area contributed by atoms with Crippen LogP contribution in [0.4, 0.5) is 10.5 Å². The largest absolute Gasteiger partial charge is 0.495 e. The highest BCUT2D eigenvalue weighted by atomic mass is 16.5. The van der Waals surface area contributed by atoms with Gasteiger partial charge < -0.3 is 19.4 Å². The Bertz CT molecular complexity index is 1360. The Hall–Kier alpha value is -4.39. The number of carbonyl (C=O) groups excluding carboxylic acids is 1. The molecule has 0 atom stereocenters. The van der Waals surface area contributed by atoms with E-state index in [1.165, 1.54) is 0 Å². The number of aromatic nitrogens is 2. The summed E-state index contributed by atoms with van der Waals surface area (Å²) in [7, 11) is 1.59. The molecule has 0 saturated heterocycles. The van der Waals surface area contributed by atoms with Crippen molar-refractivity contribution in [2.45, 2.75) is 13.1 Å². The molecule has 0 bridgehead atoms. The van der Waals surface area contributed by atoms with Crippen molar-refractivity contribution in [2.24, 2.45) is 0 Å². The van der Waals surface area contributed by atoms with Gasteiger partial charge in [-0.2, -0.15) is 0 Å². The number of amides is 2. The van der Waals surface area contributed by atoms with Crippen molar-refractivity contribution in [1.82, 2.24) is 14.9 Å². The van der Waals surface area contributed by atoms with Gasteiger partial charge in [0.05, 0.1) is 12.8 Å². The van der Waals surface area contributed by atoms with Gasteiger partial charge in [-0.05, 0) is 41.5 Å². The van der Waals surface area contributed by atoms with Crippen molar-refractivity contribution in [2.75, 3.05) is 12.4 Å². The number of nitrogens with zero attached hydrogens (tertiary/aromatic N) is 3. The maximum absolute atomic E-state index is 13.4. The first-order valence-electron chi connectivity index (χ1n) is 10.5. The first-order valence-corrected chi connectivity index (χ1v) is 10.5. The summed E-state index contributed by atoms with van der Waals surface area (Å²) in [4.78, 5) is 23.3. The third-order valence-electron chi connectivity index (χ3n) is 5.45. The summed E-state index contributed by atoms with van der Waals surface area (Å²) in [6, 6.07) is 18.9. The number of urea groups is 1. The van der Waals surface area contributed by atoms with E-state index in [0.29, 0.717) is 30.1 Å². The van der Waals surface area contributed by atoms with Crippen molar-refractivity contribution in [3.05, 3.63) is 96.6 Å². The number of hydrogen-bond donors (Lipinski definition) is 1. The fourth-order valence-corrected chi connectivity index (χ4v) is 3.83. The lowest BCUT2D eigenvalue weighted by Gasteiger charge is -2.24. The van der Waals surface area contributed by atoms with Crippen LogP contribution in [0.25, 0.3) is 21.9 Å². The molecular formula is C26H22N4O3. The number of pyridine rings is 2. The lowest BCUT2D eigenvalue weighted by Crippen LogP contribution is -2.34. The van der Waals surface area contributed by atoms with E-state index < -0.39 is 0 Å². The van der Waals surface area contributed by atoms with Gasteiger partial charge in [0.15, 0.2) is 0 Å². The van der Waals surface area contributed by atoms with Crippen LogP contribution in [0.1, 0.15) is 11.1 Å². The maximum atomic E-state index is 13.4. The monoisotopic (exact) mass is 438 g/mol. The average molecular weight is 438 g/mol. The van der Waals surface area contributed by atoms with Gasteiger partial charge in [0.25, 0.3) is 0 Å². The molecule has 3 heterocycles. The van der Waals surface area contributed by atoms with Crippen LogP contribution in [0.2, 0.25) is 0 Å². The molecule has 0 saturated carbocycles. The first-order chi connectivity index (χ1) is 16.2. The quantitative estimate of drug-likeness (QED) is 0.372. The maximum Gasteiger partial charge on any atom is 0.322 e. The second-order valence-corrected chi connectivity index (χ2v) is 7.65. The fraction of sp³-hybridized carbons (Fsp3) is 0.115. The SMILES string of the molecule is COc1cc2c(cc1NC(=O)N(Cc1ccncc1)Cc1cccnc1)oc1ccccc12. The number of fused-ring (bicyclic) bond motifs is 3. The normalized spacial score (nSPS) is 10.9. The molecule has 0 aliphatic carbocycles. The summed E-state index contributed by atoms with van der Waals surface area (Å²) in [5.41, 5.74) is 3.92. The Kier molecular flexibility index (Phi) is 5.59. The molecule has 0 aliphatic heterocycles. The molecule has 2 amide bonds. The van der Waals surface area contributed by atoms with Gasteiger partial charge in [-0.3, -0.25) is 9.97 Å². The second-order valence-electron chi connectivity index (χ2n) is 7.65. The third kappa shape index (κ3) is 4.34. The van der Waals surface area contributed by atoms with Crippen LogP contribution < -0.4 is 10.1 Å². The number of methoxy groups -OCH3 is 1. The topological polar surface area (TPSA) is 80.5 Å². The standard InChI is InChI=1S/C26H22N4O3/c1-32-25-13-21-20-6-2-3-7-23(20)33-24(21)14-22(25)29-26(31)30(16-18-8-11-27-12-9-18)17-19-5-4-10-28-15-19/h2-15H,16-17H2,1H3,(H,29,31). The predicted molar refractivity (Wildman–Crippen MR) is 127 cm³/mol. The molecule has 164 valence electrons. The van der Waals surface area contributed by atoms with Crippen LogP contribution in [0.3, 0.4) is 0 Å². The summed E-state index contributed by atoms with van der Waals surface area (Å²) >= 11 is 0. The van der Waals surface area contributed by atoms with Gasteiger partial charge in [-0.25, -0.2) is 4.79 Å². The van der Waals surface area contributed by atoms with Crippen molar-refractivity contribution < 1.29 is 13.9 Å². The molecule has 0 radical (unpaired) electrons. The van der Waals surface area contributed by atoms with Gasteiger partial charge in [0, 0.05) is 54.7 Å². The van der Waals surface area contributed by atoms with Crippen LogP contribution in [0.5, 0.6) is 5.75 Å². The number of benzene rings is 2. The molecule has 7 heteroatoms. The Labute approximate surface area is 190 Å². The molecular weight excluding hydrogens is 416 g/mol. The fourth-order valence-electron chi connectivity index (χ4n) is 3.83. The minimum Gasteiger partial charge on any atom is -0.495 e. The van der Waals surface area contributed by atoms with Gasteiger partial charge in [0.1, 0.15) is 16.9 Å². The van der Waals surface area contributed by atoms with E-state index in [4.69, 9.17) is 9.15 Å². The zero-order chi connectivity index (χ0) is 22.6. The second kappa shape index (κ2) is 9.00. The summed E-state index contributed by atoms with van der Waals surface area (Å²) in [5, 5.41) is 4.94. The predicted octanol–water partition coefficient (Wildman–Crippen LogP) is 5.62. The minimum absolute atomic E-state index is 0.260. The Morgan fingerprint density at radius 3 is 2.52 bits per heavy atom. The molecule has 0 spiro atoms. The first kappa shape index (κ1) is 20.5. The number of anilines is 1. The van der Waals surface area contributed by atoms with E-state index in [1.807, 2.05) is 54.6 Å². The van der Waals surface area contributed by atoms with E-state index in [2.05, 4.69) is 15.3 Å². The van der Waals surface area contributed by atoms with Crippen LogP contribution in [0.15, 0.2) is 89.9 Å².